The van der Waals surface area contributed by atoms with Crippen molar-refractivity contribution in [3.63, 3.8) is 0 Å². The van der Waals surface area contributed by atoms with Crippen LogP contribution >= 0.6 is 27.5 Å². The Morgan fingerprint density at radius 2 is 1.96 bits per heavy atom. The molecule has 2 rings (SSSR count). The van der Waals surface area contributed by atoms with Gasteiger partial charge in [-0.05, 0) is 48.8 Å². The van der Waals surface area contributed by atoms with Gasteiger partial charge in [0.1, 0.15) is 11.4 Å². The highest BCUT2D eigenvalue weighted by molar-refractivity contribution is 9.10. The predicted molar refractivity (Wildman–Crippen MR) is 94.4 cm³/mol. The Labute approximate surface area is 152 Å². The molecule has 2 N–H and O–H groups in total. The molecule has 0 aliphatic rings. The lowest BCUT2D eigenvalue weighted by Crippen LogP contribution is -2.35. The van der Waals surface area contributed by atoms with Crippen molar-refractivity contribution < 1.29 is 19.8 Å². The van der Waals surface area contributed by atoms with Gasteiger partial charge in [-0.15, -0.1) is 0 Å². The van der Waals surface area contributed by atoms with Crippen LogP contribution in [0.15, 0.2) is 40.1 Å². The molecule has 0 fully saturated rings. The zero-order valence-electron chi connectivity index (χ0n) is 13.2. The first kappa shape index (κ1) is 18.4. The van der Waals surface area contributed by atoms with E-state index in [-0.39, 0.29) is 28.5 Å². The van der Waals surface area contributed by atoms with Crippen molar-refractivity contribution in [1.82, 2.24) is 0 Å². The van der Waals surface area contributed by atoms with Gasteiger partial charge in [0.05, 0.1) is 10.6 Å². The van der Waals surface area contributed by atoms with Crippen LogP contribution in [0.2, 0.25) is 5.02 Å². The molecule has 128 valence electrons. The van der Waals surface area contributed by atoms with E-state index in [1.807, 2.05) is 0 Å². The Balaban J connectivity index is 2.72. The zero-order chi connectivity index (χ0) is 18.1. The zero-order valence-corrected chi connectivity index (χ0v) is 15.6. The molecule has 1 aromatic carbocycles. The van der Waals surface area contributed by atoms with E-state index in [1.165, 1.54) is 30.5 Å². The smallest absolute Gasteiger partial charge is 0.288 e. The molecule has 1 aromatic heterocycles. The number of aromatic hydroxyl groups is 2. The summed E-state index contributed by atoms with van der Waals surface area (Å²) in [6.07, 6.45) is 1.21. The number of oxime groups is 1. The third-order valence-electron chi connectivity index (χ3n) is 2.87. The number of pyridine rings is 1. The van der Waals surface area contributed by atoms with E-state index < -0.39 is 5.60 Å². The SMILES string of the molecule is CC(C)(C)O/N=C(/c1cc(Br)c(Cl)cc1O)c1c(O)ccc[n+]1[O-]. The predicted octanol–water partition coefficient (Wildman–Crippen LogP) is 3.71. The second-order valence-corrected chi connectivity index (χ2v) is 7.26. The number of aromatic nitrogens is 1. The van der Waals surface area contributed by atoms with E-state index in [2.05, 4.69) is 21.1 Å². The number of phenolic OH excluding ortho intramolecular Hbond substituents is 1. The standard InChI is InChI=1S/C16H16BrClN2O4/c1-16(2,3)24-19-14(15-12(21)5-4-6-20(15)23)9-7-10(17)11(18)8-13(9)22/h4-8,21-22H,1-3H3/b19-14-. The molecule has 0 aliphatic heterocycles. The van der Waals surface area contributed by atoms with Crippen LogP contribution in [-0.2, 0) is 4.84 Å². The Bertz CT molecular complexity index is 783. The van der Waals surface area contributed by atoms with Gasteiger partial charge in [-0.1, -0.05) is 16.8 Å². The van der Waals surface area contributed by atoms with Gasteiger partial charge in [-0.25, -0.2) is 0 Å². The monoisotopic (exact) mass is 414 g/mol. The van der Waals surface area contributed by atoms with Gasteiger partial charge < -0.3 is 20.3 Å². The summed E-state index contributed by atoms with van der Waals surface area (Å²) >= 11 is 9.22. The highest BCUT2D eigenvalue weighted by Gasteiger charge is 2.26. The van der Waals surface area contributed by atoms with Crippen LogP contribution in [0, 0.1) is 5.21 Å². The molecule has 2 aromatic rings. The maximum Gasteiger partial charge on any atom is 0.288 e. The van der Waals surface area contributed by atoms with Gasteiger partial charge in [-0.2, -0.15) is 4.73 Å². The molecule has 0 unspecified atom stereocenters. The van der Waals surface area contributed by atoms with Crippen molar-refractivity contribution in [2.75, 3.05) is 0 Å². The summed E-state index contributed by atoms with van der Waals surface area (Å²) in [5.41, 5.74) is -0.622. The molecule has 0 atom stereocenters. The largest absolute Gasteiger partial charge is 0.618 e. The third kappa shape index (κ3) is 4.10. The van der Waals surface area contributed by atoms with Crippen LogP contribution in [-0.4, -0.2) is 21.5 Å². The van der Waals surface area contributed by atoms with E-state index in [9.17, 15) is 15.4 Å². The molecule has 0 bridgehead atoms. The summed E-state index contributed by atoms with van der Waals surface area (Å²) in [6.45, 7) is 5.34. The average molecular weight is 416 g/mol. The van der Waals surface area contributed by atoms with Gasteiger partial charge in [-0.3, -0.25) is 0 Å². The molecule has 0 saturated carbocycles. The lowest BCUT2D eigenvalue weighted by atomic mass is 10.0. The molecular weight excluding hydrogens is 400 g/mol. The first-order valence-electron chi connectivity index (χ1n) is 6.96. The number of nitrogens with zero attached hydrogens (tertiary/aromatic N) is 2. The summed E-state index contributed by atoms with van der Waals surface area (Å²) in [4.78, 5) is 5.40. The minimum absolute atomic E-state index is 0.0205. The average Bonchev–Trinajstić information content (AvgIpc) is 2.45. The maximum atomic E-state index is 12.1. The Morgan fingerprint density at radius 1 is 1.29 bits per heavy atom. The lowest BCUT2D eigenvalue weighted by Gasteiger charge is -2.17. The van der Waals surface area contributed by atoms with Crippen molar-refractivity contribution in [2.24, 2.45) is 5.16 Å². The molecule has 0 spiro atoms. The fourth-order valence-corrected chi connectivity index (χ4v) is 2.33. The molecule has 0 amide bonds. The highest BCUT2D eigenvalue weighted by atomic mass is 79.9. The van der Waals surface area contributed by atoms with Crippen molar-refractivity contribution >= 4 is 33.2 Å². The fraction of sp³-hybridized carbons (Fsp3) is 0.250. The van der Waals surface area contributed by atoms with Gasteiger partial charge >= 0.3 is 0 Å². The van der Waals surface area contributed by atoms with Crippen molar-refractivity contribution in [3.05, 3.63) is 56.4 Å². The molecule has 1 heterocycles. The van der Waals surface area contributed by atoms with Gasteiger partial charge in [0.15, 0.2) is 17.7 Å². The lowest BCUT2D eigenvalue weighted by molar-refractivity contribution is -0.607. The summed E-state index contributed by atoms with van der Waals surface area (Å²) in [5.74, 6) is -0.503. The molecule has 0 aliphatic carbocycles. The van der Waals surface area contributed by atoms with Crippen LogP contribution in [0.3, 0.4) is 0 Å². The fourth-order valence-electron chi connectivity index (χ4n) is 1.83. The van der Waals surface area contributed by atoms with Crippen LogP contribution in [0.25, 0.3) is 0 Å². The number of phenols is 1. The van der Waals surface area contributed by atoms with E-state index in [4.69, 9.17) is 16.4 Å². The molecule has 6 nitrogen and oxygen atoms in total. The number of rotatable bonds is 3. The minimum Gasteiger partial charge on any atom is -0.618 e. The molecule has 8 heteroatoms. The van der Waals surface area contributed by atoms with Crippen LogP contribution in [0.4, 0.5) is 0 Å². The molecule has 24 heavy (non-hydrogen) atoms. The van der Waals surface area contributed by atoms with Crippen molar-refractivity contribution in [3.8, 4) is 11.5 Å². The van der Waals surface area contributed by atoms with Crippen LogP contribution in [0.1, 0.15) is 32.0 Å². The highest BCUT2D eigenvalue weighted by Crippen LogP contribution is 2.32. The Morgan fingerprint density at radius 3 is 2.54 bits per heavy atom. The first-order chi connectivity index (χ1) is 11.1. The van der Waals surface area contributed by atoms with Gasteiger partial charge in [0.2, 0.25) is 0 Å². The minimum atomic E-state index is -0.636. The van der Waals surface area contributed by atoms with E-state index in [0.717, 1.165) is 0 Å². The number of halogens is 2. The number of benzene rings is 1. The summed E-state index contributed by atoms with van der Waals surface area (Å²) in [6, 6.07) is 5.54. The first-order valence-corrected chi connectivity index (χ1v) is 8.13. The molecule has 0 saturated heterocycles. The van der Waals surface area contributed by atoms with Crippen molar-refractivity contribution in [2.45, 2.75) is 26.4 Å². The van der Waals surface area contributed by atoms with E-state index in [0.29, 0.717) is 14.2 Å². The summed E-state index contributed by atoms with van der Waals surface area (Å²) < 4.78 is 0.940. The quantitative estimate of drug-likeness (QED) is 0.346. The second kappa shape index (κ2) is 6.86. The van der Waals surface area contributed by atoms with Crippen LogP contribution in [0.5, 0.6) is 11.5 Å². The molecular formula is C16H16BrClN2O4. The van der Waals surface area contributed by atoms with Crippen LogP contribution < -0.4 is 4.73 Å². The topological polar surface area (TPSA) is 89.0 Å². The maximum absolute atomic E-state index is 12.1. The van der Waals surface area contributed by atoms with E-state index in [1.54, 1.807) is 20.8 Å². The molecule has 0 radical (unpaired) electrons. The van der Waals surface area contributed by atoms with Gasteiger partial charge in [0.25, 0.3) is 5.69 Å². The van der Waals surface area contributed by atoms with E-state index >= 15 is 0 Å². The Kier molecular flexibility index (Phi) is 5.25. The normalized spacial score (nSPS) is 12.3. The number of hydrogen-bond acceptors (Lipinski definition) is 5. The van der Waals surface area contributed by atoms with Crippen molar-refractivity contribution in [1.29, 1.82) is 0 Å². The third-order valence-corrected chi connectivity index (χ3v) is 4.06. The Hall–Kier alpha value is -1.99. The number of hydrogen-bond donors (Lipinski definition) is 2. The second-order valence-electron chi connectivity index (χ2n) is 5.99. The summed E-state index contributed by atoms with van der Waals surface area (Å²) in [5, 5.41) is 36.8. The van der Waals surface area contributed by atoms with Gasteiger partial charge in [0, 0.05) is 16.6 Å². The summed E-state index contributed by atoms with van der Waals surface area (Å²) in [7, 11) is 0.